The van der Waals surface area contributed by atoms with Gasteiger partial charge in [-0.1, -0.05) is 18.2 Å². The van der Waals surface area contributed by atoms with E-state index in [1.807, 2.05) is 30.3 Å². The van der Waals surface area contributed by atoms with Gasteiger partial charge in [0.1, 0.15) is 18.0 Å². The van der Waals surface area contributed by atoms with Crippen molar-refractivity contribution in [1.29, 1.82) is 0 Å². The molecule has 1 atom stereocenters. The van der Waals surface area contributed by atoms with Gasteiger partial charge in [0, 0.05) is 20.1 Å². The number of carbonyl (C=O) groups excluding carboxylic acids is 1. The Bertz CT molecular complexity index is 549. The maximum atomic E-state index is 12.2. The Morgan fingerprint density at radius 3 is 2.71 bits per heavy atom. The van der Waals surface area contributed by atoms with Crippen molar-refractivity contribution < 1.29 is 28.9 Å². The van der Waals surface area contributed by atoms with Crippen LogP contribution < -0.4 is 4.74 Å². The molecule has 7 nitrogen and oxygen atoms in total. The molecule has 0 radical (unpaired) electrons. The molecule has 1 aliphatic heterocycles. The predicted molar refractivity (Wildman–Crippen MR) is 85.9 cm³/mol. The van der Waals surface area contributed by atoms with Crippen LogP contribution in [0.3, 0.4) is 0 Å². The molecule has 1 aromatic rings. The largest absolute Gasteiger partial charge is 0.490 e. The Kier molecular flexibility index (Phi) is 6.57. The first kappa shape index (κ1) is 18.2. The van der Waals surface area contributed by atoms with Crippen LogP contribution in [0, 0.1) is 0 Å². The Labute approximate surface area is 141 Å². The third kappa shape index (κ3) is 5.21. The lowest BCUT2D eigenvalue weighted by atomic mass is 10.1. The fourth-order valence-electron chi connectivity index (χ4n) is 2.49. The van der Waals surface area contributed by atoms with E-state index in [1.54, 1.807) is 12.0 Å². The zero-order valence-electron chi connectivity index (χ0n) is 13.8. The number of carboxylic acid groups (broad SMARTS) is 1. The van der Waals surface area contributed by atoms with Crippen molar-refractivity contribution in [3.8, 4) is 5.75 Å². The number of amides is 1. The summed E-state index contributed by atoms with van der Waals surface area (Å²) in [5.74, 6) is -0.495. The van der Waals surface area contributed by atoms with Crippen molar-refractivity contribution in [3.05, 3.63) is 30.3 Å². The quantitative estimate of drug-likeness (QED) is 0.804. The number of carboxylic acids is 1. The second kappa shape index (κ2) is 8.65. The van der Waals surface area contributed by atoms with E-state index < -0.39 is 11.6 Å². The van der Waals surface area contributed by atoms with Crippen LogP contribution in [-0.4, -0.2) is 67.5 Å². The Balaban J connectivity index is 2.01. The van der Waals surface area contributed by atoms with Gasteiger partial charge >= 0.3 is 5.97 Å². The number of benzene rings is 1. The first-order valence-corrected chi connectivity index (χ1v) is 7.85. The van der Waals surface area contributed by atoms with Gasteiger partial charge in [0.05, 0.1) is 26.2 Å². The summed E-state index contributed by atoms with van der Waals surface area (Å²) in [6, 6.07) is 9.34. The zero-order chi connectivity index (χ0) is 17.4. The summed E-state index contributed by atoms with van der Waals surface area (Å²) >= 11 is 0. The summed E-state index contributed by atoms with van der Waals surface area (Å²) in [4.78, 5) is 24.5. The number of ether oxygens (including phenoxy) is 3. The van der Waals surface area contributed by atoms with Gasteiger partial charge in [-0.15, -0.1) is 0 Å². The Morgan fingerprint density at radius 1 is 1.29 bits per heavy atom. The number of aliphatic carboxylic acids is 1. The SMILES string of the molecule is COC1(COc2ccccc2)COCCN(C(=O)CCC(=O)O)C1. The molecule has 132 valence electrons. The second-order valence-corrected chi connectivity index (χ2v) is 5.75. The van der Waals surface area contributed by atoms with Crippen molar-refractivity contribution in [3.63, 3.8) is 0 Å². The van der Waals surface area contributed by atoms with Gasteiger partial charge < -0.3 is 24.2 Å². The minimum Gasteiger partial charge on any atom is -0.490 e. The fourth-order valence-corrected chi connectivity index (χ4v) is 2.49. The smallest absolute Gasteiger partial charge is 0.303 e. The maximum absolute atomic E-state index is 12.2. The second-order valence-electron chi connectivity index (χ2n) is 5.75. The first-order chi connectivity index (χ1) is 11.5. The molecule has 1 aliphatic rings. The third-order valence-electron chi connectivity index (χ3n) is 3.93. The highest BCUT2D eigenvalue weighted by atomic mass is 16.6. The highest BCUT2D eigenvalue weighted by Gasteiger charge is 2.37. The lowest BCUT2D eigenvalue weighted by molar-refractivity contribution is -0.142. The van der Waals surface area contributed by atoms with E-state index in [2.05, 4.69) is 0 Å². The summed E-state index contributed by atoms with van der Waals surface area (Å²) in [6.45, 7) is 1.63. The molecule has 1 aromatic carbocycles. The van der Waals surface area contributed by atoms with Crippen molar-refractivity contribution >= 4 is 11.9 Å². The molecule has 2 rings (SSSR count). The van der Waals surface area contributed by atoms with Gasteiger partial charge in [-0.3, -0.25) is 9.59 Å². The van der Waals surface area contributed by atoms with Gasteiger partial charge in [0.25, 0.3) is 0 Å². The lowest BCUT2D eigenvalue weighted by Gasteiger charge is -2.34. The topological polar surface area (TPSA) is 85.3 Å². The van der Waals surface area contributed by atoms with E-state index in [0.717, 1.165) is 0 Å². The van der Waals surface area contributed by atoms with E-state index in [9.17, 15) is 9.59 Å². The summed E-state index contributed by atoms with van der Waals surface area (Å²) in [5.41, 5.74) is -0.786. The van der Waals surface area contributed by atoms with Crippen LogP contribution in [0.5, 0.6) is 5.75 Å². The summed E-state index contributed by atoms with van der Waals surface area (Å²) in [7, 11) is 1.56. The van der Waals surface area contributed by atoms with Crippen molar-refractivity contribution in [1.82, 2.24) is 4.90 Å². The van der Waals surface area contributed by atoms with E-state index in [0.29, 0.717) is 32.1 Å². The average molecular weight is 337 g/mol. The molecule has 0 aliphatic carbocycles. The molecule has 1 fully saturated rings. The van der Waals surface area contributed by atoms with Crippen LogP contribution in [0.1, 0.15) is 12.8 Å². The van der Waals surface area contributed by atoms with Gasteiger partial charge in [-0.05, 0) is 12.1 Å². The standard InChI is InChI=1S/C17H23NO6/c1-22-17(13-24-14-5-3-2-4-6-14)11-18(9-10-23-12-17)15(19)7-8-16(20)21/h2-6H,7-13H2,1H3,(H,20,21). The number of hydrogen-bond donors (Lipinski definition) is 1. The summed E-state index contributed by atoms with van der Waals surface area (Å²) in [6.07, 6.45) is -0.217. The number of carbonyl (C=O) groups is 2. The predicted octanol–water partition coefficient (Wildman–Crippen LogP) is 1.17. The van der Waals surface area contributed by atoms with Crippen LogP contribution in [-0.2, 0) is 19.1 Å². The molecule has 0 aromatic heterocycles. The van der Waals surface area contributed by atoms with Crippen LogP contribution in [0.2, 0.25) is 0 Å². The van der Waals surface area contributed by atoms with Crippen LogP contribution >= 0.6 is 0 Å². The van der Waals surface area contributed by atoms with Crippen molar-refractivity contribution in [2.75, 3.05) is 40.0 Å². The van der Waals surface area contributed by atoms with Gasteiger partial charge in [0.15, 0.2) is 0 Å². The fraction of sp³-hybridized carbons (Fsp3) is 0.529. The van der Waals surface area contributed by atoms with Crippen molar-refractivity contribution in [2.24, 2.45) is 0 Å². The minimum absolute atomic E-state index is 0.0331. The van der Waals surface area contributed by atoms with Crippen LogP contribution in [0.25, 0.3) is 0 Å². The van der Waals surface area contributed by atoms with E-state index in [1.165, 1.54) is 0 Å². The van der Waals surface area contributed by atoms with E-state index in [4.69, 9.17) is 19.3 Å². The summed E-state index contributed by atoms with van der Waals surface area (Å²) in [5, 5.41) is 8.74. The highest BCUT2D eigenvalue weighted by molar-refractivity contribution is 5.80. The molecule has 0 saturated carbocycles. The molecular formula is C17H23NO6. The molecule has 1 unspecified atom stereocenters. The number of hydrogen-bond acceptors (Lipinski definition) is 5. The van der Waals surface area contributed by atoms with E-state index in [-0.39, 0.29) is 25.4 Å². The Morgan fingerprint density at radius 2 is 2.04 bits per heavy atom. The van der Waals surface area contributed by atoms with Gasteiger partial charge in [-0.25, -0.2) is 0 Å². The van der Waals surface area contributed by atoms with Crippen LogP contribution in [0.15, 0.2) is 30.3 Å². The first-order valence-electron chi connectivity index (χ1n) is 7.85. The molecule has 1 saturated heterocycles. The molecule has 1 N–H and O–H groups in total. The van der Waals surface area contributed by atoms with E-state index >= 15 is 0 Å². The molecular weight excluding hydrogens is 314 g/mol. The molecule has 0 bridgehead atoms. The number of methoxy groups -OCH3 is 1. The average Bonchev–Trinajstić information content (AvgIpc) is 2.82. The number of para-hydroxylation sites is 1. The zero-order valence-corrected chi connectivity index (χ0v) is 13.8. The Hall–Kier alpha value is -2.12. The molecule has 24 heavy (non-hydrogen) atoms. The minimum atomic E-state index is -0.986. The normalized spacial score (nSPS) is 21.1. The molecule has 1 amide bonds. The monoisotopic (exact) mass is 337 g/mol. The van der Waals surface area contributed by atoms with Gasteiger partial charge in [-0.2, -0.15) is 0 Å². The summed E-state index contributed by atoms with van der Waals surface area (Å²) < 4.78 is 17.0. The van der Waals surface area contributed by atoms with Crippen LogP contribution in [0.4, 0.5) is 0 Å². The highest BCUT2D eigenvalue weighted by Crippen LogP contribution is 2.20. The molecule has 0 spiro atoms. The molecule has 7 heteroatoms. The maximum Gasteiger partial charge on any atom is 0.303 e. The number of rotatable bonds is 7. The third-order valence-corrected chi connectivity index (χ3v) is 3.93. The van der Waals surface area contributed by atoms with Crippen molar-refractivity contribution in [2.45, 2.75) is 18.4 Å². The lowest BCUT2D eigenvalue weighted by Crippen LogP contribution is -2.51. The van der Waals surface area contributed by atoms with Gasteiger partial charge in [0.2, 0.25) is 5.91 Å². The number of nitrogens with zero attached hydrogens (tertiary/aromatic N) is 1. The molecule has 1 heterocycles.